The molecule has 0 aliphatic heterocycles. The Balaban J connectivity index is 3.25. The Morgan fingerprint density at radius 3 is 1.68 bits per heavy atom. The molecule has 0 fully saturated rings. The van der Waals surface area contributed by atoms with Crippen LogP contribution in [0.1, 0.15) is 18.1 Å². The second-order valence-electron chi connectivity index (χ2n) is 3.82. The van der Waals surface area contributed by atoms with Crippen molar-refractivity contribution < 1.29 is 35.5 Å². The number of benzene rings is 1. The number of hydrogen-bond acceptors (Lipinski definition) is 1. The molecular weight excluding hydrogens is 281 g/mol. The summed E-state index contributed by atoms with van der Waals surface area (Å²) in [6.45, 7) is 0.158. The summed E-state index contributed by atoms with van der Waals surface area (Å²) >= 11 is 0. The normalized spacial score (nSPS) is 14.3. The van der Waals surface area contributed by atoms with Gasteiger partial charge in [-0.2, -0.15) is 26.3 Å². The Morgan fingerprint density at radius 1 is 0.947 bits per heavy atom. The molecule has 1 aromatic rings. The molecule has 1 atom stereocenters. The third-order valence-electron chi connectivity index (χ3n) is 2.12. The van der Waals surface area contributed by atoms with Crippen LogP contribution in [0.15, 0.2) is 18.2 Å². The maximum atomic E-state index is 12.5. The largest absolute Gasteiger partial charge is 0.488 e. The molecule has 0 saturated carbocycles. The highest BCUT2D eigenvalue weighted by atomic mass is 19.4. The molecule has 0 amide bonds. The average Bonchev–Trinajstić information content (AvgIpc) is 2.26. The third-order valence-corrected chi connectivity index (χ3v) is 2.12. The van der Waals surface area contributed by atoms with Crippen LogP contribution in [0.4, 0.5) is 30.7 Å². The molecule has 108 valence electrons. The highest BCUT2D eigenvalue weighted by Crippen LogP contribution is 2.38. The van der Waals surface area contributed by atoms with Crippen molar-refractivity contribution in [2.45, 2.75) is 25.4 Å². The average molecular weight is 290 g/mol. The topological polar surface area (TPSA) is 9.23 Å². The van der Waals surface area contributed by atoms with Gasteiger partial charge in [-0.1, -0.05) is 0 Å². The fraction of sp³-hybridized carbons (Fsp3) is 0.455. The summed E-state index contributed by atoms with van der Waals surface area (Å²) in [6, 6.07) is 0.787. The summed E-state index contributed by atoms with van der Waals surface area (Å²) < 4.78 is 91.6. The maximum absolute atomic E-state index is 12.5. The van der Waals surface area contributed by atoms with Gasteiger partial charge in [0.2, 0.25) is 0 Å². The van der Waals surface area contributed by atoms with E-state index in [0.717, 1.165) is 0 Å². The van der Waals surface area contributed by atoms with Crippen molar-refractivity contribution in [2.75, 3.05) is 6.67 Å². The SMILES string of the molecule is CC(CF)Oc1cc(C(F)(F)F)cc(C(F)(F)F)c1. The molecule has 0 bridgehead atoms. The van der Waals surface area contributed by atoms with Gasteiger partial charge in [0.15, 0.2) is 0 Å². The monoisotopic (exact) mass is 290 g/mol. The predicted molar refractivity (Wildman–Crippen MR) is 52.5 cm³/mol. The van der Waals surface area contributed by atoms with Gasteiger partial charge >= 0.3 is 12.4 Å². The second kappa shape index (κ2) is 5.26. The van der Waals surface area contributed by atoms with Crippen molar-refractivity contribution in [3.8, 4) is 5.75 Å². The van der Waals surface area contributed by atoms with Crippen LogP contribution >= 0.6 is 0 Å². The molecular formula is C11H9F7O. The van der Waals surface area contributed by atoms with Crippen LogP contribution in [0, 0.1) is 0 Å². The van der Waals surface area contributed by atoms with Crippen molar-refractivity contribution in [2.24, 2.45) is 0 Å². The summed E-state index contributed by atoms with van der Waals surface area (Å²) in [5, 5.41) is 0. The Kier molecular flexibility index (Phi) is 4.32. The van der Waals surface area contributed by atoms with Gasteiger partial charge in [0.25, 0.3) is 0 Å². The summed E-state index contributed by atoms with van der Waals surface area (Å²) in [4.78, 5) is 0. The Labute approximate surface area is 104 Å². The van der Waals surface area contributed by atoms with E-state index in [1.54, 1.807) is 0 Å². The molecule has 0 aliphatic rings. The molecule has 0 saturated heterocycles. The van der Waals surface area contributed by atoms with E-state index < -0.39 is 42.0 Å². The van der Waals surface area contributed by atoms with Crippen molar-refractivity contribution in [3.05, 3.63) is 29.3 Å². The van der Waals surface area contributed by atoms with Gasteiger partial charge in [-0.3, -0.25) is 0 Å². The van der Waals surface area contributed by atoms with Gasteiger partial charge < -0.3 is 4.74 Å². The van der Waals surface area contributed by atoms with Gasteiger partial charge in [0.05, 0.1) is 11.1 Å². The van der Waals surface area contributed by atoms with Gasteiger partial charge in [-0.25, -0.2) is 4.39 Å². The minimum Gasteiger partial charge on any atom is -0.488 e. The zero-order chi connectivity index (χ0) is 14.8. The molecule has 0 aromatic heterocycles. The maximum Gasteiger partial charge on any atom is 0.416 e. The van der Waals surface area contributed by atoms with Crippen molar-refractivity contribution in [3.63, 3.8) is 0 Å². The lowest BCUT2D eigenvalue weighted by Crippen LogP contribution is -2.16. The molecule has 8 heteroatoms. The second-order valence-corrected chi connectivity index (χ2v) is 3.82. The molecule has 1 rings (SSSR count). The van der Waals surface area contributed by atoms with Gasteiger partial charge in [-0.05, 0) is 25.1 Å². The standard InChI is InChI=1S/C11H9F7O/c1-6(5-12)19-9-3-7(10(13,14)15)2-8(4-9)11(16,17)18/h2-4,6H,5H2,1H3. The Bertz CT molecular complexity index is 403. The van der Waals surface area contributed by atoms with Crippen LogP contribution in [-0.4, -0.2) is 12.8 Å². The first-order chi connectivity index (χ1) is 8.54. The summed E-state index contributed by atoms with van der Waals surface area (Å²) in [5.41, 5.74) is -2.99. The zero-order valence-electron chi connectivity index (χ0n) is 9.57. The summed E-state index contributed by atoms with van der Waals surface area (Å²) in [5.74, 6) is -0.674. The number of hydrogen-bond donors (Lipinski definition) is 0. The van der Waals surface area contributed by atoms with E-state index in [0.29, 0.717) is 12.1 Å². The van der Waals surface area contributed by atoms with E-state index in [-0.39, 0.29) is 6.07 Å². The Morgan fingerprint density at radius 2 is 1.37 bits per heavy atom. The van der Waals surface area contributed by atoms with Crippen LogP contribution in [0.2, 0.25) is 0 Å². The molecule has 19 heavy (non-hydrogen) atoms. The smallest absolute Gasteiger partial charge is 0.416 e. The van der Waals surface area contributed by atoms with Gasteiger partial charge in [0.1, 0.15) is 18.5 Å². The highest BCUT2D eigenvalue weighted by molar-refractivity contribution is 5.37. The first kappa shape index (κ1) is 15.6. The molecule has 0 aliphatic carbocycles. The van der Waals surface area contributed by atoms with Crippen LogP contribution < -0.4 is 4.74 Å². The van der Waals surface area contributed by atoms with E-state index in [9.17, 15) is 30.7 Å². The van der Waals surface area contributed by atoms with Crippen LogP contribution in [0.3, 0.4) is 0 Å². The highest BCUT2D eigenvalue weighted by Gasteiger charge is 2.37. The fourth-order valence-corrected chi connectivity index (χ4v) is 1.26. The lowest BCUT2D eigenvalue weighted by molar-refractivity contribution is -0.143. The van der Waals surface area contributed by atoms with E-state index in [4.69, 9.17) is 0 Å². The first-order valence-electron chi connectivity index (χ1n) is 5.06. The minimum atomic E-state index is -4.95. The van der Waals surface area contributed by atoms with E-state index in [2.05, 4.69) is 4.74 Å². The van der Waals surface area contributed by atoms with Crippen molar-refractivity contribution in [1.29, 1.82) is 0 Å². The number of rotatable bonds is 3. The van der Waals surface area contributed by atoms with Crippen molar-refractivity contribution in [1.82, 2.24) is 0 Å². The molecule has 0 heterocycles. The quantitative estimate of drug-likeness (QED) is 0.747. The molecule has 0 radical (unpaired) electrons. The van der Waals surface area contributed by atoms with Crippen molar-refractivity contribution >= 4 is 0 Å². The number of ether oxygens (including phenoxy) is 1. The Hall–Kier alpha value is -1.47. The van der Waals surface area contributed by atoms with Gasteiger partial charge in [0, 0.05) is 0 Å². The van der Waals surface area contributed by atoms with Gasteiger partial charge in [-0.15, -0.1) is 0 Å². The third kappa shape index (κ3) is 4.29. The van der Waals surface area contributed by atoms with E-state index >= 15 is 0 Å². The van der Waals surface area contributed by atoms with Crippen LogP contribution in [0.5, 0.6) is 5.75 Å². The van der Waals surface area contributed by atoms with Crippen LogP contribution in [-0.2, 0) is 12.4 Å². The lowest BCUT2D eigenvalue weighted by Gasteiger charge is -2.16. The number of alkyl halides is 7. The van der Waals surface area contributed by atoms with E-state index in [1.807, 2.05) is 0 Å². The molecule has 1 aromatic carbocycles. The van der Waals surface area contributed by atoms with Crippen LogP contribution in [0.25, 0.3) is 0 Å². The fourth-order valence-electron chi connectivity index (χ4n) is 1.26. The summed E-state index contributed by atoms with van der Waals surface area (Å²) in [7, 11) is 0. The number of halogens is 7. The first-order valence-corrected chi connectivity index (χ1v) is 5.06. The molecule has 1 unspecified atom stereocenters. The zero-order valence-corrected chi connectivity index (χ0v) is 9.57. The van der Waals surface area contributed by atoms with E-state index in [1.165, 1.54) is 6.92 Å². The summed E-state index contributed by atoms with van der Waals surface area (Å²) in [6.07, 6.45) is -11.0. The molecule has 1 nitrogen and oxygen atoms in total. The predicted octanol–water partition coefficient (Wildman–Crippen LogP) is 4.46. The minimum absolute atomic E-state index is 0.0209. The molecule has 0 spiro atoms. The lowest BCUT2D eigenvalue weighted by atomic mass is 10.1. The molecule has 0 N–H and O–H groups in total.